The van der Waals surface area contributed by atoms with Crippen LogP contribution in [0.4, 0.5) is 0 Å². The Balaban J connectivity index is 2.23. The van der Waals surface area contributed by atoms with Crippen LogP contribution in [0.5, 0.6) is 0 Å². The zero-order valence-electron chi connectivity index (χ0n) is 9.02. The Morgan fingerprint density at radius 2 is 2.40 bits per heavy atom. The molecule has 15 heavy (non-hydrogen) atoms. The second-order valence-corrected chi connectivity index (χ2v) is 5.26. The molecule has 2 unspecified atom stereocenters. The minimum Gasteiger partial charge on any atom is -0.480 e. The molecule has 1 aliphatic rings. The van der Waals surface area contributed by atoms with Gasteiger partial charge in [-0.3, -0.25) is 4.79 Å². The Kier molecular flexibility index (Phi) is 5.42. The van der Waals surface area contributed by atoms with Crippen LogP contribution in [0.2, 0.25) is 0 Å². The van der Waals surface area contributed by atoms with E-state index in [1.54, 1.807) is 18.9 Å². The maximum absolute atomic E-state index is 10.5. The topological polar surface area (TPSA) is 72.5 Å². The van der Waals surface area contributed by atoms with Crippen molar-refractivity contribution in [3.8, 4) is 0 Å². The van der Waals surface area contributed by atoms with Crippen molar-refractivity contribution in [3.05, 3.63) is 0 Å². The molecule has 0 spiro atoms. The number of thioether (sulfide) groups is 1. The van der Waals surface area contributed by atoms with E-state index in [9.17, 15) is 4.79 Å². The van der Waals surface area contributed by atoms with Crippen LogP contribution in [-0.4, -0.2) is 41.3 Å². The highest BCUT2D eigenvalue weighted by Gasteiger charge is 2.23. The molecule has 0 heterocycles. The second kappa shape index (κ2) is 6.35. The molecule has 0 radical (unpaired) electrons. The van der Waals surface area contributed by atoms with Gasteiger partial charge in [0, 0.05) is 18.1 Å². The molecule has 0 saturated heterocycles. The van der Waals surface area contributed by atoms with E-state index in [2.05, 4.69) is 0 Å². The van der Waals surface area contributed by atoms with Crippen molar-refractivity contribution in [1.82, 2.24) is 0 Å². The van der Waals surface area contributed by atoms with E-state index in [-0.39, 0.29) is 0 Å². The maximum atomic E-state index is 10.5. The minimum absolute atomic E-state index is 0.345. The van der Waals surface area contributed by atoms with Crippen molar-refractivity contribution in [2.75, 3.05) is 12.9 Å². The van der Waals surface area contributed by atoms with Gasteiger partial charge in [0.25, 0.3) is 0 Å². The van der Waals surface area contributed by atoms with Gasteiger partial charge in [0.2, 0.25) is 0 Å². The summed E-state index contributed by atoms with van der Waals surface area (Å²) >= 11 is 1.67. The zero-order chi connectivity index (χ0) is 11.3. The lowest BCUT2D eigenvalue weighted by Gasteiger charge is -2.28. The number of carbonyl (C=O) groups is 1. The van der Waals surface area contributed by atoms with E-state index < -0.39 is 12.0 Å². The first-order valence-corrected chi connectivity index (χ1v) is 6.31. The average molecular weight is 233 g/mol. The fourth-order valence-electron chi connectivity index (χ4n) is 1.78. The molecule has 5 heteroatoms. The third kappa shape index (κ3) is 4.40. The second-order valence-electron chi connectivity index (χ2n) is 3.92. The number of carboxylic acids is 1. The molecule has 4 nitrogen and oxygen atoms in total. The van der Waals surface area contributed by atoms with Gasteiger partial charge in [0.05, 0.1) is 6.10 Å². The smallest absolute Gasteiger partial charge is 0.321 e. The summed E-state index contributed by atoms with van der Waals surface area (Å²) in [6.07, 6.45) is 4.80. The van der Waals surface area contributed by atoms with Gasteiger partial charge in [-0.2, -0.15) is 11.8 Å². The Bertz CT molecular complexity index is 213. The Hall–Kier alpha value is -0.260. The molecular weight excluding hydrogens is 214 g/mol. The highest BCUT2D eigenvalue weighted by molar-refractivity contribution is 7.99. The third-order valence-corrected chi connectivity index (χ3v) is 4.19. The van der Waals surface area contributed by atoms with E-state index >= 15 is 0 Å². The number of aliphatic carboxylic acids is 1. The maximum Gasteiger partial charge on any atom is 0.321 e. The third-order valence-electron chi connectivity index (χ3n) is 2.74. The first-order chi connectivity index (χ1) is 7.13. The number of nitrogens with two attached hydrogens (primary N) is 1. The van der Waals surface area contributed by atoms with Crippen molar-refractivity contribution in [2.45, 2.75) is 43.1 Å². The standard InChI is InChI=1S/C10H19NO3S/c1-14-7-3-2-4-8(5-7)15-6-9(11)10(12)13/h7-9H,2-6,11H2,1H3,(H,12,13)/t7?,8?,9-/m1/s1. The van der Waals surface area contributed by atoms with Crippen molar-refractivity contribution < 1.29 is 14.6 Å². The van der Waals surface area contributed by atoms with Gasteiger partial charge in [-0.05, 0) is 25.7 Å². The number of rotatable bonds is 5. The summed E-state index contributed by atoms with van der Waals surface area (Å²) in [6.45, 7) is 0. The molecular formula is C10H19NO3S. The lowest BCUT2D eigenvalue weighted by Crippen LogP contribution is -2.34. The summed E-state index contributed by atoms with van der Waals surface area (Å²) in [5, 5.41) is 9.16. The van der Waals surface area contributed by atoms with Crippen molar-refractivity contribution >= 4 is 17.7 Å². The predicted molar refractivity (Wildman–Crippen MR) is 61.1 cm³/mol. The highest BCUT2D eigenvalue weighted by Crippen LogP contribution is 2.29. The van der Waals surface area contributed by atoms with Crippen LogP contribution in [0.3, 0.4) is 0 Å². The summed E-state index contributed by atoms with van der Waals surface area (Å²) < 4.78 is 5.31. The van der Waals surface area contributed by atoms with Crippen LogP contribution in [0.15, 0.2) is 0 Å². The first-order valence-electron chi connectivity index (χ1n) is 5.26. The fraction of sp³-hybridized carbons (Fsp3) is 0.900. The SMILES string of the molecule is COC1CCCC(SC[C@@H](N)C(=O)O)C1. The predicted octanol–water partition coefficient (Wildman–Crippen LogP) is 1.09. The molecule has 88 valence electrons. The van der Waals surface area contributed by atoms with Crippen LogP contribution in [0.1, 0.15) is 25.7 Å². The molecule has 3 N–H and O–H groups in total. The Morgan fingerprint density at radius 3 is 3.00 bits per heavy atom. The highest BCUT2D eigenvalue weighted by atomic mass is 32.2. The molecule has 1 aliphatic carbocycles. The quantitative estimate of drug-likeness (QED) is 0.743. The molecule has 0 bridgehead atoms. The number of hydrogen-bond donors (Lipinski definition) is 2. The minimum atomic E-state index is -0.915. The number of methoxy groups -OCH3 is 1. The number of hydrogen-bond acceptors (Lipinski definition) is 4. The van der Waals surface area contributed by atoms with Gasteiger partial charge in [-0.15, -0.1) is 0 Å². The fourth-order valence-corrected chi connectivity index (χ4v) is 3.08. The average Bonchev–Trinajstić information content (AvgIpc) is 2.26. The van der Waals surface area contributed by atoms with Crippen LogP contribution in [-0.2, 0) is 9.53 Å². The van der Waals surface area contributed by atoms with Crippen molar-refractivity contribution in [1.29, 1.82) is 0 Å². The normalized spacial score (nSPS) is 28.7. The zero-order valence-corrected chi connectivity index (χ0v) is 9.83. The van der Waals surface area contributed by atoms with Gasteiger partial charge < -0.3 is 15.6 Å². The van der Waals surface area contributed by atoms with Crippen molar-refractivity contribution in [3.63, 3.8) is 0 Å². The molecule has 0 aromatic carbocycles. The molecule has 1 saturated carbocycles. The van der Waals surface area contributed by atoms with Gasteiger partial charge in [-0.1, -0.05) is 0 Å². The summed E-state index contributed by atoms with van der Waals surface area (Å²) in [7, 11) is 1.74. The van der Waals surface area contributed by atoms with Gasteiger partial charge in [-0.25, -0.2) is 0 Å². The summed E-state index contributed by atoms with van der Waals surface area (Å²) in [5.41, 5.74) is 5.45. The van der Waals surface area contributed by atoms with Crippen LogP contribution in [0, 0.1) is 0 Å². The van der Waals surface area contributed by atoms with E-state index in [1.165, 1.54) is 6.42 Å². The van der Waals surface area contributed by atoms with E-state index in [4.69, 9.17) is 15.6 Å². The molecule has 1 fully saturated rings. The summed E-state index contributed by atoms with van der Waals surface area (Å²) in [4.78, 5) is 10.5. The lowest BCUT2D eigenvalue weighted by atomic mass is 9.97. The Morgan fingerprint density at radius 1 is 1.67 bits per heavy atom. The molecule has 3 atom stereocenters. The first kappa shape index (κ1) is 12.8. The Labute approximate surface area is 94.6 Å². The lowest BCUT2D eigenvalue weighted by molar-refractivity contribution is -0.137. The van der Waals surface area contributed by atoms with Crippen molar-refractivity contribution in [2.24, 2.45) is 5.73 Å². The van der Waals surface area contributed by atoms with Crippen LogP contribution >= 0.6 is 11.8 Å². The molecule has 0 aliphatic heterocycles. The van der Waals surface area contributed by atoms with Gasteiger partial charge in [0.15, 0.2) is 0 Å². The summed E-state index contributed by atoms with van der Waals surface area (Å²) in [5.74, 6) is -0.419. The van der Waals surface area contributed by atoms with E-state index in [0.29, 0.717) is 17.1 Å². The number of carboxylic acid groups (broad SMARTS) is 1. The monoisotopic (exact) mass is 233 g/mol. The molecule has 0 aromatic rings. The van der Waals surface area contributed by atoms with E-state index in [1.807, 2.05) is 0 Å². The molecule has 1 rings (SSSR count). The number of ether oxygens (including phenoxy) is 1. The van der Waals surface area contributed by atoms with Crippen LogP contribution < -0.4 is 5.73 Å². The van der Waals surface area contributed by atoms with Crippen LogP contribution in [0.25, 0.3) is 0 Å². The van der Waals surface area contributed by atoms with Gasteiger partial charge >= 0.3 is 5.97 Å². The molecule has 0 aromatic heterocycles. The van der Waals surface area contributed by atoms with E-state index in [0.717, 1.165) is 19.3 Å². The van der Waals surface area contributed by atoms with Gasteiger partial charge in [0.1, 0.15) is 6.04 Å². The summed E-state index contributed by atoms with van der Waals surface area (Å²) in [6, 6.07) is -0.738. The molecule has 0 amide bonds. The largest absolute Gasteiger partial charge is 0.480 e.